The van der Waals surface area contributed by atoms with Crippen LogP contribution in [0.25, 0.3) is 0 Å². The minimum Gasteiger partial charge on any atom is -1.00 e. The summed E-state index contributed by atoms with van der Waals surface area (Å²) in [5.74, 6) is -0.555. The van der Waals surface area contributed by atoms with Crippen LogP contribution in [0.5, 0.6) is 5.75 Å². The molecule has 90 valence electrons. The third-order valence-corrected chi connectivity index (χ3v) is 2.10. The van der Waals surface area contributed by atoms with Gasteiger partial charge in [-0.3, -0.25) is 0 Å². The fraction of sp³-hybridized carbons (Fsp3) is 0.0769. The van der Waals surface area contributed by atoms with E-state index >= 15 is 0 Å². The summed E-state index contributed by atoms with van der Waals surface area (Å²) in [5.41, 5.74) is 0.328. The quantitative estimate of drug-likeness (QED) is 0.569. The van der Waals surface area contributed by atoms with E-state index in [-0.39, 0.29) is 46.6 Å². The van der Waals surface area contributed by atoms with Crippen molar-refractivity contribution in [2.24, 2.45) is 0 Å². The van der Waals surface area contributed by atoms with E-state index in [1.165, 1.54) is 12.1 Å². The summed E-state index contributed by atoms with van der Waals surface area (Å²) >= 11 is 0. The van der Waals surface area contributed by atoms with E-state index in [0.29, 0.717) is 11.3 Å². The van der Waals surface area contributed by atoms with Crippen LogP contribution in [-0.4, -0.2) is 23.1 Å². The standard InChI is InChI=1S/C13H9F2O.BrH.Mg/c14-11-7-6-10(13(15)8-11)9-16-12-4-2-1-3-5-12;;/h2-8H,9H2;1H;/q-1;;+2/p-1. The summed E-state index contributed by atoms with van der Waals surface area (Å²) in [6, 6.07) is 13.1. The molecule has 0 aliphatic heterocycles. The summed E-state index contributed by atoms with van der Waals surface area (Å²) < 4.78 is 31.2. The summed E-state index contributed by atoms with van der Waals surface area (Å²) in [6.07, 6.45) is 0. The Morgan fingerprint density at radius 3 is 2.33 bits per heavy atom. The van der Waals surface area contributed by atoms with E-state index in [1.54, 1.807) is 24.3 Å². The van der Waals surface area contributed by atoms with E-state index in [1.807, 2.05) is 0 Å². The average Bonchev–Trinajstić information content (AvgIpc) is 2.29. The molecule has 2 aromatic rings. The molecule has 0 spiro atoms. The zero-order chi connectivity index (χ0) is 11.4. The van der Waals surface area contributed by atoms with Crippen molar-refractivity contribution in [3.05, 3.63) is 65.7 Å². The van der Waals surface area contributed by atoms with Crippen LogP contribution in [0, 0.1) is 17.7 Å². The van der Waals surface area contributed by atoms with Crippen molar-refractivity contribution >= 4 is 23.1 Å². The fourth-order valence-corrected chi connectivity index (χ4v) is 1.27. The predicted molar refractivity (Wildman–Crippen MR) is 61.7 cm³/mol. The van der Waals surface area contributed by atoms with Gasteiger partial charge in [-0.1, -0.05) is 0 Å². The van der Waals surface area contributed by atoms with Crippen LogP contribution in [0.15, 0.2) is 42.5 Å². The van der Waals surface area contributed by atoms with Gasteiger partial charge in [-0.05, 0) is 12.1 Å². The van der Waals surface area contributed by atoms with Crippen molar-refractivity contribution in [1.29, 1.82) is 0 Å². The molecule has 18 heavy (non-hydrogen) atoms. The smallest absolute Gasteiger partial charge is 1.00 e. The maximum atomic E-state index is 13.2. The van der Waals surface area contributed by atoms with Gasteiger partial charge in [0.1, 0.15) is 18.2 Å². The molecule has 0 atom stereocenters. The van der Waals surface area contributed by atoms with E-state index in [0.717, 1.165) is 6.07 Å². The van der Waals surface area contributed by atoms with Crippen LogP contribution < -0.4 is 21.7 Å². The van der Waals surface area contributed by atoms with E-state index < -0.39 is 11.6 Å². The van der Waals surface area contributed by atoms with Gasteiger partial charge in [0.15, 0.2) is 0 Å². The Morgan fingerprint density at radius 2 is 1.72 bits per heavy atom. The third kappa shape index (κ3) is 4.92. The molecule has 0 N–H and O–H groups in total. The van der Waals surface area contributed by atoms with Gasteiger partial charge in [0, 0.05) is 17.4 Å². The van der Waals surface area contributed by atoms with Gasteiger partial charge >= 0.3 is 23.1 Å². The SMILES string of the molecule is Fc1ccc(COc2cc[c-]cc2)c(F)c1.[Br-].[Mg+2]. The minimum atomic E-state index is -0.595. The Bertz CT molecular complexity index is 480. The second-order valence-corrected chi connectivity index (χ2v) is 3.26. The molecule has 0 heterocycles. The number of hydrogen-bond acceptors (Lipinski definition) is 1. The summed E-state index contributed by atoms with van der Waals surface area (Å²) in [4.78, 5) is 0. The number of ether oxygens (including phenoxy) is 1. The van der Waals surface area contributed by atoms with Gasteiger partial charge in [-0.2, -0.15) is 18.2 Å². The predicted octanol–water partition coefficient (Wildman–Crippen LogP) is -0.0328. The zero-order valence-electron chi connectivity index (χ0n) is 9.50. The van der Waals surface area contributed by atoms with E-state index in [4.69, 9.17) is 4.74 Å². The van der Waals surface area contributed by atoms with Crippen molar-refractivity contribution in [2.75, 3.05) is 0 Å². The summed E-state index contributed by atoms with van der Waals surface area (Å²) in [5, 5.41) is 0. The van der Waals surface area contributed by atoms with Crippen LogP contribution >= 0.6 is 0 Å². The molecule has 0 unspecified atom stereocenters. The van der Waals surface area contributed by atoms with Crippen LogP contribution in [0.2, 0.25) is 0 Å². The van der Waals surface area contributed by atoms with E-state index in [9.17, 15) is 8.78 Å². The van der Waals surface area contributed by atoms with Crippen LogP contribution in [0.3, 0.4) is 0 Å². The van der Waals surface area contributed by atoms with Gasteiger partial charge in [-0.25, -0.2) is 8.78 Å². The monoisotopic (exact) mass is 322 g/mol. The van der Waals surface area contributed by atoms with Gasteiger partial charge < -0.3 is 21.7 Å². The number of rotatable bonds is 3. The summed E-state index contributed by atoms with van der Waals surface area (Å²) in [6.45, 7) is 0.0795. The van der Waals surface area contributed by atoms with Gasteiger partial charge in [0.25, 0.3) is 0 Å². The number of halogens is 3. The van der Waals surface area contributed by atoms with Crippen molar-refractivity contribution in [1.82, 2.24) is 0 Å². The summed E-state index contributed by atoms with van der Waals surface area (Å²) in [7, 11) is 0. The number of hydrogen-bond donors (Lipinski definition) is 0. The Morgan fingerprint density at radius 1 is 1.06 bits per heavy atom. The van der Waals surface area contributed by atoms with Crippen molar-refractivity contribution in [2.45, 2.75) is 6.61 Å². The number of benzene rings is 2. The van der Waals surface area contributed by atoms with Crippen molar-refractivity contribution in [3.63, 3.8) is 0 Å². The Labute approximate surface area is 131 Å². The first-order valence-electron chi connectivity index (χ1n) is 4.78. The first-order chi connectivity index (χ1) is 7.75. The molecular formula is C13H9BrF2MgO. The van der Waals surface area contributed by atoms with E-state index in [2.05, 4.69) is 6.07 Å². The van der Waals surface area contributed by atoms with Gasteiger partial charge in [0.05, 0.1) is 0 Å². The average molecular weight is 323 g/mol. The molecule has 0 bridgehead atoms. The molecule has 0 radical (unpaired) electrons. The molecule has 2 rings (SSSR count). The Kier molecular flexibility index (Phi) is 8.14. The van der Waals surface area contributed by atoms with Gasteiger partial charge in [0.2, 0.25) is 0 Å². The third-order valence-electron chi connectivity index (χ3n) is 2.10. The molecule has 0 aromatic heterocycles. The molecule has 0 fully saturated rings. The molecule has 0 saturated heterocycles. The second-order valence-electron chi connectivity index (χ2n) is 3.26. The van der Waals surface area contributed by atoms with Crippen molar-refractivity contribution < 1.29 is 30.5 Å². The zero-order valence-corrected chi connectivity index (χ0v) is 12.5. The first kappa shape index (κ1) is 17.3. The Hall–Kier alpha value is -0.654. The topological polar surface area (TPSA) is 9.23 Å². The molecule has 5 heteroatoms. The molecule has 0 saturated carbocycles. The minimum absolute atomic E-state index is 0. The normalized spacial score (nSPS) is 9.00. The maximum absolute atomic E-state index is 13.2. The van der Waals surface area contributed by atoms with Crippen molar-refractivity contribution in [3.8, 4) is 5.75 Å². The largest absolute Gasteiger partial charge is 2.00 e. The molecule has 1 nitrogen and oxygen atoms in total. The van der Waals surface area contributed by atoms with Crippen LogP contribution in [0.4, 0.5) is 8.78 Å². The fourth-order valence-electron chi connectivity index (χ4n) is 1.27. The van der Waals surface area contributed by atoms with Gasteiger partial charge in [-0.15, -0.1) is 12.1 Å². The molecule has 0 aliphatic carbocycles. The molecule has 2 aromatic carbocycles. The first-order valence-corrected chi connectivity index (χ1v) is 4.78. The van der Waals surface area contributed by atoms with Crippen LogP contribution in [0.1, 0.15) is 5.56 Å². The molecular weight excluding hydrogens is 314 g/mol. The van der Waals surface area contributed by atoms with Crippen LogP contribution in [-0.2, 0) is 6.61 Å². The molecule has 0 aliphatic rings. The Balaban J connectivity index is 0.00000144. The maximum Gasteiger partial charge on any atom is 2.00 e. The molecule has 0 amide bonds. The second kappa shape index (κ2) is 8.45.